The number of rotatable bonds is 7. The SMILES string of the molecule is COc1cc(S(=O)(=O)Nc2ccc(C)cc2)ccc1N=Cc1c(C)[nH]n(-c2cccc(C)c2)c1=O. The molecule has 35 heavy (non-hydrogen) atoms. The second-order valence-electron chi connectivity index (χ2n) is 8.19. The fraction of sp³-hybridized carbons (Fsp3) is 0.154. The van der Waals surface area contributed by atoms with Crippen LogP contribution in [-0.4, -0.2) is 31.5 Å². The number of aliphatic imine (C=N–C) groups is 1. The number of aryl methyl sites for hydroxylation is 3. The molecule has 0 spiro atoms. The smallest absolute Gasteiger partial charge is 0.280 e. The van der Waals surface area contributed by atoms with Crippen molar-refractivity contribution in [1.82, 2.24) is 9.78 Å². The first-order valence-corrected chi connectivity index (χ1v) is 12.4. The highest BCUT2D eigenvalue weighted by Gasteiger charge is 2.17. The minimum atomic E-state index is -3.83. The lowest BCUT2D eigenvalue weighted by molar-refractivity contribution is 0.415. The molecule has 0 saturated carbocycles. The van der Waals surface area contributed by atoms with Crippen molar-refractivity contribution in [2.24, 2.45) is 4.99 Å². The molecule has 0 aliphatic rings. The standard InChI is InChI=1S/C26H26N4O4S/c1-17-8-10-20(11-9-17)29-35(32,33)22-12-13-24(25(15-22)34-4)27-16-23-19(3)28-30(26(23)31)21-7-5-6-18(2)14-21/h5-16,28-29H,1-4H3. The summed E-state index contributed by atoms with van der Waals surface area (Å²) in [6, 6.07) is 19.0. The number of methoxy groups -OCH3 is 1. The van der Waals surface area contributed by atoms with Crippen LogP contribution in [0.25, 0.3) is 5.69 Å². The van der Waals surface area contributed by atoms with E-state index in [9.17, 15) is 13.2 Å². The fourth-order valence-electron chi connectivity index (χ4n) is 3.56. The Morgan fingerprint density at radius 1 is 0.971 bits per heavy atom. The number of hydrogen-bond acceptors (Lipinski definition) is 5. The van der Waals surface area contributed by atoms with Gasteiger partial charge in [0.25, 0.3) is 15.6 Å². The molecule has 9 heteroatoms. The summed E-state index contributed by atoms with van der Waals surface area (Å²) in [6.45, 7) is 5.67. The van der Waals surface area contributed by atoms with Gasteiger partial charge in [0, 0.05) is 23.7 Å². The second kappa shape index (κ2) is 9.63. The van der Waals surface area contributed by atoms with E-state index in [0.717, 1.165) is 16.8 Å². The summed E-state index contributed by atoms with van der Waals surface area (Å²) < 4.78 is 35.1. The van der Waals surface area contributed by atoms with E-state index in [2.05, 4.69) is 14.8 Å². The summed E-state index contributed by atoms with van der Waals surface area (Å²) in [6.07, 6.45) is 1.46. The first kappa shape index (κ1) is 24.0. The molecular formula is C26H26N4O4S. The maximum Gasteiger partial charge on any atom is 0.280 e. The summed E-state index contributed by atoms with van der Waals surface area (Å²) in [5, 5.41) is 3.07. The van der Waals surface area contributed by atoms with Gasteiger partial charge in [0.2, 0.25) is 0 Å². The number of nitrogens with one attached hydrogen (secondary N) is 2. The average Bonchev–Trinajstić information content (AvgIpc) is 3.12. The Hall–Kier alpha value is -4.11. The second-order valence-corrected chi connectivity index (χ2v) is 9.88. The van der Waals surface area contributed by atoms with Gasteiger partial charge in [0.15, 0.2) is 0 Å². The van der Waals surface area contributed by atoms with Gasteiger partial charge in [-0.2, -0.15) is 0 Å². The van der Waals surface area contributed by atoms with Crippen LogP contribution < -0.4 is 15.0 Å². The topological polar surface area (TPSA) is 106 Å². The third kappa shape index (κ3) is 5.20. The third-order valence-electron chi connectivity index (χ3n) is 5.47. The number of hydrogen-bond donors (Lipinski definition) is 2. The molecule has 0 aliphatic heterocycles. The largest absolute Gasteiger partial charge is 0.494 e. The average molecular weight is 491 g/mol. The van der Waals surface area contributed by atoms with Gasteiger partial charge in [0.05, 0.1) is 23.3 Å². The monoisotopic (exact) mass is 490 g/mol. The van der Waals surface area contributed by atoms with E-state index in [1.807, 2.05) is 50.2 Å². The van der Waals surface area contributed by atoms with Crippen molar-refractivity contribution in [2.45, 2.75) is 25.7 Å². The predicted molar refractivity (Wildman–Crippen MR) is 138 cm³/mol. The van der Waals surface area contributed by atoms with Crippen LogP contribution >= 0.6 is 0 Å². The number of sulfonamides is 1. The van der Waals surface area contributed by atoms with Crippen molar-refractivity contribution in [3.05, 3.63) is 99.5 Å². The quantitative estimate of drug-likeness (QED) is 0.368. The fourth-order valence-corrected chi connectivity index (χ4v) is 4.64. The highest BCUT2D eigenvalue weighted by atomic mass is 32.2. The van der Waals surface area contributed by atoms with Crippen LogP contribution in [0.4, 0.5) is 11.4 Å². The summed E-state index contributed by atoms with van der Waals surface area (Å²) in [5.74, 6) is 0.264. The van der Waals surface area contributed by atoms with Crippen LogP contribution in [0.5, 0.6) is 5.75 Å². The molecule has 0 atom stereocenters. The van der Waals surface area contributed by atoms with Crippen LogP contribution in [0, 0.1) is 20.8 Å². The summed E-state index contributed by atoms with van der Waals surface area (Å²) >= 11 is 0. The van der Waals surface area contributed by atoms with E-state index >= 15 is 0 Å². The first-order chi connectivity index (χ1) is 16.7. The van der Waals surface area contributed by atoms with E-state index in [-0.39, 0.29) is 16.2 Å². The van der Waals surface area contributed by atoms with E-state index in [0.29, 0.717) is 22.6 Å². The lowest BCUT2D eigenvalue weighted by Gasteiger charge is -2.11. The molecule has 3 aromatic carbocycles. The Bertz CT molecular complexity index is 1570. The van der Waals surface area contributed by atoms with Gasteiger partial charge in [-0.3, -0.25) is 19.6 Å². The molecule has 0 bridgehead atoms. The summed E-state index contributed by atoms with van der Waals surface area (Å²) in [4.78, 5) is 17.4. The summed E-state index contributed by atoms with van der Waals surface area (Å²) in [7, 11) is -2.39. The Labute approximate surface area is 204 Å². The number of H-pyrrole nitrogens is 1. The van der Waals surface area contributed by atoms with E-state index in [1.165, 1.54) is 30.1 Å². The predicted octanol–water partition coefficient (Wildman–Crippen LogP) is 4.65. The molecule has 0 amide bonds. The molecule has 1 aromatic heterocycles. The van der Waals surface area contributed by atoms with Gasteiger partial charge in [0.1, 0.15) is 11.4 Å². The zero-order chi connectivity index (χ0) is 25.2. The van der Waals surface area contributed by atoms with Crippen LogP contribution in [0.3, 0.4) is 0 Å². The van der Waals surface area contributed by atoms with Gasteiger partial charge in [-0.15, -0.1) is 0 Å². The molecule has 8 nitrogen and oxygen atoms in total. The maximum atomic E-state index is 13.0. The lowest BCUT2D eigenvalue weighted by Crippen LogP contribution is -2.17. The molecule has 0 radical (unpaired) electrons. The van der Waals surface area contributed by atoms with Crippen LogP contribution in [0.15, 0.2) is 81.4 Å². The van der Waals surface area contributed by atoms with Crippen LogP contribution in [0.1, 0.15) is 22.4 Å². The van der Waals surface area contributed by atoms with Crippen molar-refractivity contribution in [3.8, 4) is 11.4 Å². The van der Waals surface area contributed by atoms with Crippen molar-refractivity contribution in [2.75, 3.05) is 11.8 Å². The van der Waals surface area contributed by atoms with Crippen molar-refractivity contribution >= 4 is 27.6 Å². The maximum absolute atomic E-state index is 13.0. The Kier molecular flexibility index (Phi) is 6.61. The first-order valence-electron chi connectivity index (χ1n) is 10.9. The Morgan fingerprint density at radius 2 is 1.71 bits per heavy atom. The molecule has 4 aromatic rings. The number of aromatic nitrogens is 2. The van der Waals surface area contributed by atoms with Crippen molar-refractivity contribution < 1.29 is 13.2 Å². The van der Waals surface area contributed by atoms with Crippen LogP contribution in [0.2, 0.25) is 0 Å². The number of nitrogens with zero attached hydrogens (tertiary/aromatic N) is 2. The van der Waals surface area contributed by atoms with E-state index in [4.69, 9.17) is 4.74 Å². The summed E-state index contributed by atoms with van der Waals surface area (Å²) in [5.41, 5.74) is 4.46. The number of aromatic amines is 1. The van der Waals surface area contributed by atoms with Gasteiger partial charge >= 0.3 is 0 Å². The molecule has 180 valence electrons. The van der Waals surface area contributed by atoms with Gasteiger partial charge in [-0.25, -0.2) is 13.1 Å². The zero-order valence-electron chi connectivity index (χ0n) is 19.9. The molecular weight excluding hydrogens is 464 g/mol. The highest BCUT2D eigenvalue weighted by Crippen LogP contribution is 2.31. The molecule has 1 heterocycles. The molecule has 0 fully saturated rings. The minimum absolute atomic E-state index is 0.0357. The van der Waals surface area contributed by atoms with Gasteiger partial charge in [-0.1, -0.05) is 29.8 Å². The number of ether oxygens (including phenoxy) is 1. The molecule has 0 unspecified atom stereocenters. The molecule has 0 saturated heterocycles. The minimum Gasteiger partial charge on any atom is -0.494 e. The Morgan fingerprint density at radius 3 is 2.40 bits per heavy atom. The zero-order valence-corrected chi connectivity index (χ0v) is 20.7. The highest BCUT2D eigenvalue weighted by molar-refractivity contribution is 7.92. The number of anilines is 1. The van der Waals surface area contributed by atoms with Gasteiger partial charge < -0.3 is 4.74 Å². The van der Waals surface area contributed by atoms with Crippen LogP contribution in [-0.2, 0) is 10.0 Å². The van der Waals surface area contributed by atoms with E-state index in [1.54, 1.807) is 25.1 Å². The molecule has 4 rings (SSSR count). The van der Waals surface area contributed by atoms with E-state index < -0.39 is 10.0 Å². The normalized spacial score (nSPS) is 11.7. The molecule has 0 aliphatic carbocycles. The van der Waals surface area contributed by atoms with Crippen molar-refractivity contribution in [3.63, 3.8) is 0 Å². The molecule has 2 N–H and O–H groups in total. The van der Waals surface area contributed by atoms with Gasteiger partial charge in [-0.05, 0) is 62.7 Å². The Balaban J connectivity index is 1.63. The number of benzene rings is 3. The third-order valence-corrected chi connectivity index (χ3v) is 6.85. The van der Waals surface area contributed by atoms with Crippen molar-refractivity contribution in [1.29, 1.82) is 0 Å². The lowest BCUT2D eigenvalue weighted by atomic mass is 10.2.